The molecule has 1 aliphatic rings. The number of halogens is 2. The van der Waals surface area contributed by atoms with Crippen molar-refractivity contribution in [2.75, 3.05) is 43.6 Å². The number of hydrogen-bond donors (Lipinski definition) is 4. The molecule has 0 aliphatic heterocycles. The van der Waals surface area contributed by atoms with Crippen LogP contribution in [0.5, 0.6) is 0 Å². The molecule has 59 heavy (non-hydrogen) atoms. The van der Waals surface area contributed by atoms with Crippen molar-refractivity contribution in [1.29, 1.82) is 5.26 Å². The van der Waals surface area contributed by atoms with Crippen molar-refractivity contribution in [2.24, 2.45) is 7.05 Å². The summed E-state index contributed by atoms with van der Waals surface area (Å²) in [5, 5.41) is 36.7. The van der Waals surface area contributed by atoms with Crippen LogP contribution in [-0.4, -0.2) is 94.7 Å². The van der Waals surface area contributed by atoms with E-state index in [0.717, 1.165) is 33.6 Å². The number of aliphatic hydroxyl groups excluding tert-OH is 1. The first-order valence-electron chi connectivity index (χ1n) is 18.9. The van der Waals surface area contributed by atoms with Crippen LogP contribution in [0.15, 0.2) is 85.7 Å². The largest absolute Gasteiger partial charge is 0.374 e. The van der Waals surface area contributed by atoms with E-state index in [1.54, 1.807) is 64.6 Å². The van der Waals surface area contributed by atoms with Crippen LogP contribution in [-0.2, 0) is 7.05 Å². The zero-order valence-corrected chi connectivity index (χ0v) is 33.0. The molecular weight excluding hydrogens is 759 g/mol. The number of alkyl halides is 2. The van der Waals surface area contributed by atoms with Crippen molar-refractivity contribution in [3.63, 3.8) is 0 Å². The smallest absolute Gasteiger partial charge is 0.252 e. The Balaban J connectivity index is 1.02. The number of aromatic nitrogens is 8. The maximum Gasteiger partial charge on any atom is 0.252 e. The van der Waals surface area contributed by atoms with Crippen LogP contribution in [0.1, 0.15) is 52.2 Å². The van der Waals surface area contributed by atoms with Gasteiger partial charge in [-0.05, 0) is 49.7 Å². The van der Waals surface area contributed by atoms with Gasteiger partial charge in [0.25, 0.3) is 11.8 Å². The normalized spacial score (nSPS) is 14.1. The maximum absolute atomic E-state index is 13.8. The molecule has 0 radical (unpaired) electrons. The highest BCUT2D eigenvalue weighted by atomic mass is 19.3. The van der Waals surface area contributed by atoms with E-state index in [-0.39, 0.29) is 32.0 Å². The Hall–Kier alpha value is -6.68. The average molecular weight is 803 g/mol. The molecule has 0 bridgehead atoms. The molecule has 1 unspecified atom stereocenters. The van der Waals surface area contributed by atoms with Crippen LogP contribution in [0.2, 0.25) is 0 Å². The molecule has 18 heteroatoms. The number of amides is 1. The quantitative estimate of drug-likeness (QED) is 0.0718. The predicted octanol–water partition coefficient (Wildman–Crippen LogP) is 5.42. The van der Waals surface area contributed by atoms with Crippen molar-refractivity contribution in [3.8, 4) is 28.6 Å². The number of carbonyl (C=O) groups is 1. The Labute approximate surface area is 339 Å². The lowest BCUT2D eigenvalue weighted by atomic mass is 9.88. The van der Waals surface area contributed by atoms with Crippen LogP contribution in [0.25, 0.3) is 22.5 Å². The number of carbonyl (C=O) groups excluding carboxylic acids is 1. The van der Waals surface area contributed by atoms with E-state index in [1.807, 2.05) is 74.3 Å². The van der Waals surface area contributed by atoms with Gasteiger partial charge in [0.05, 0.1) is 60.5 Å². The summed E-state index contributed by atoms with van der Waals surface area (Å²) in [6.07, 6.45) is 8.78. The third-order valence-electron chi connectivity index (χ3n) is 9.93. The second kappa shape index (κ2) is 17.4. The van der Waals surface area contributed by atoms with E-state index >= 15 is 0 Å². The third-order valence-corrected chi connectivity index (χ3v) is 9.93. The van der Waals surface area contributed by atoms with E-state index in [0.29, 0.717) is 47.5 Å². The van der Waals surface area contributed by atoms with Gasteiger partial charge in [0.1, 0.15) is 6.23 Å². The third kappa shape index (κ3) is 9.72. The molecule has 304 valence electrons. The Bertz CT molecular complexity index is 2440. The molecule has 1 saturated carbocycles. The minimum Gasteiger partial charge on any atom is -0.374 e. The topological polar surface area (TPSA) is 191 Å². The zero-order valence-electron chi connectivity index (χ0n) is 33.0. The Morgan fingerprint density at radius 1 is 0.966 bits per heavy atom. The first-order chi connectivity index (χ1) is 28.4. The number of anilines is 4. The van der Waals surface area contributed by atoms with Crippen LogP contribution < -0.4 is 20.9 Å². The maximum atomic E-state index is 13.8. The standard InChI is InChI=1S/C41H44F2N14O2/c1-26-19-47-39(51-32-21-49-55(4)23-32)52-35(26)28-5-9-31(10-6-28)38(59)46-15-16-54(3)25-56(34-22-50-57(24-34)33-17-41(42,43)18-33)40-48-20-27(2)36(53-40)29-7-11-30(12-8-29)37(58)45-14-13-44/h5-12,19-24,33,37,45,58H,14-18,25H2,1-4H3,(H,46,59)(H,47,51,52). The van der Waals surface area contributed by atoms with E-state index < -0.39 is 18.2 Å². The van der Waals surface area contributed by atoms with Crippen molar-refractivity contribution < 1.29 is 18.7 Å². The fourth-order valence-electron chi connectivity index (χ4n) is 6.65. The van der Waals surface area contributed by atoms with Gasteiger partial charge >= 0.3 is 0 Å². The molecule has 1 atom stereocenters. The van der Waals surface area contributed by atoms with Crippen LogP contribution >= 0.6 is 0 Å². The molecule has 0 spiro atoms. The second-order valence-corrected chi connectivity index (χ2v) is 14.6. The number of benzene rings is 2. The molecule has 16 nitrogen and oxygen atoms in total. The summed E-state index contributed by atoms with van der Waals surface area (Å²) in [7, 11) is 3.72. The van der Waals surface area contributed by atoms with Crippen molar-refractivity contribution in [3.05, 3.63) is 108 Å². The molecule has 4 N–H and O–H groups in total. The molecule has 1 aliphatic carbocycles. The van der Waals surface area contributed by atoms with Gasteiger partial charge in [0, 0.05) is 74.5 Å². The number of aryl methyl sites for hydroxylation is 3. The number of aliphatic hydroxyl groups is 1. The highest BCUT2D eigenvalue weighted by Crippen LogP contribution is 2.45. The first kappa shape index (κ1) is 40.5. The molecule has 4 aromatic heterocycles. The zero-order chi connectivity index (χ0) is 41.7. The highest BCUT2D eigenvalue weighted by Gasteiger charge is 2.46. The summed E-state index contributed by atoms with van der Waals surface area (Å²) in [6, 6.07) is 16.0. The van der Waals surface area contributed by atoms with Gasteiger partial charge in [0.15, 0.2) is 0 Å². The van der Waals surface area contributed by atoms with Crippen LogP contribution in [0.3, 0.4) is 0 Å². The van der Waals surface area contributed by atoms with Gasteiger partial charge in [0.2, 0.25) is 11.9 Å². The Kier molecular flexibility index (Phi) is 12.0. The van der Waals surface area contributed by atoms with Crippen molar-refractivity contribution in [1.82, 2.24) is 55.0 Å². The lowest BCUT2D eigenvalue weighted by Crippen LogP contribution is -2.39. The minimum absolute atomic E-state index is 0.00109. The number of nitrogens with one attached hydrogen (secondary N) is 3. The fourth-order valence-corrected chi connectivity index (χ4v) is 6.65. The predicted molar refractivity (Wildman–Crippen MR) is 217 cm³/mol. The van der Waals surface area contributed by atoms with Gasteiger partial charge in [-0.25, -0.2) is 28.7 Å². The number of nitrogens with zero attached hydrogens (tertiary/aromatic N) is 11. The van der Waals surface area contributed by atoms with Crippen LogP contribution in [0.4, 0.5) is 32.1 Å². The lowest BCUT2D eigenvalue weighted by molar-refractivity contribution is -0.106. The fraction of sp³-hybridized carbons (Fsp3) is 0.317. The highest BCUT2D eigenvalue weighted by molar-refractivity contribution is 5.94. The molecule has 7 rings (SSSR count). The summed E-state index contributed by atoms with van der Waals surface area (Å²) >= 11 is 0. The molecule has 1 amide bonds. The monoisotopic (exact) mass is 802 g/mol. The number of nitriles is 1. The number of hydrogen-bond acceptors (Lipinski definition) is 13. The van der Waals surface area contributed by atoms with Crippen LogP contribution in [0, 0.1) is 25.2 Å². The Morgan fingerprint density at radius 3 is 2.31 bits per heavy atom. The van der Waals surface area contributed by atoms with Gasteiger partial charge in [-0.3, -0.25) is 29.3 Å². The minimum atomic E-state index is -2.70. The summed E-state index contributed by atoms with van der Waals surface area (Å²) < 4.78 is 30.8. The van der Waals surface area contributed by atoms with E-state index in [9.17, 15) is 18.7 Å². The van der Waals surface area contributed by atoms with E-state index in [4.69, 9.17) is 10.2 Å². The Morgan fingerprint density at radius 2 is 1.64 bits per heavy atom. The molecule has 4 heterocycles. The lowest BCUT2D eigenvalue weighted by Gasteiger charge is -2.34. The van der Waals surface area contributed by atoms with E-state index in [1.165, 1.54) is 0 Å². The molecule has 0 saturated heterocycles. The van der Waals surface area contributed by atoms with Crippen molar-refractivity contribution in [2.45, 2.75) is 44.9 Å². The summed E-state index contributed by atoms with van der Waals surface area (Å²) in [5.74, 6) is -2.14. The second-order valence-electron chi connectivity index (χ2n) is 14.6. The van der Waals surface area contributed by atoms with Gasteiger partial charge in [-0.2, -0.15) is 15.5 Å². The summed E-state index contributed by atoms with van der Waals surface area (Å²) in [4.78, 5) is 35.7. The summed E-state index contributed by atoms with van der Waals surface area (Å²) in [6.45, 7) is 4.90. The van der Waals surface area contributed by atoms with Gasteiger partial charge in [-0.1, -0.05) is 36.4 Å². The molecule has 2 aromatic carbocycles. The van der Waals surface area contributed by atoms with Gasteiger partial charge in [-0.15, -0.1) is 0 Å². The first-order valence-corrected chi connectivity index (χ1v) is 18.9. The number of likely N-dealkylation sites (N-methyl/N-ethyl adjacent to an activating group) is 1. The summed E-state index contributed by atoms with van der Waals surface area (Å²) in [5.41, 5.74) is 7.20. The average Bonchev–Trinajstić information content (AvgIpc) is 3.88. The van der Waals surface area contributed by atoms with Crippen molar-refractivity contribution >= 4 is 29.2 Å². The molecular formula is C41H44F2N14O2. The number of rotatable bonds is 16. The molecule has 1 fully saturated rings. The van der Waals surface area contributed by atoms with E-state index in [2.05, 4.69) is 41.1 Å². The molecule has 6 aromatic rings. The SMILES string of the molecule is Cc1cnc(Nc2cnn(C)c2)nc1-c1ccc(C(=O)NCCN(C)CN(c2cnn(C3CC(F)(F)C3)c2)c2ncc(C)c(-c3ccc(C(O)NCC#N)cc3)n2)cc1. The van der Waals surface area contributed by atoms with Gasteiger partial charge < -0.3 is 15.7 Å².